The van der Waals surface area contributed by atoms with E-state index in [0.29, 0.717) is 6.61 Å². The Hall–Kier alpha value is 0.0700. The van der Waals surface area contributed by atoms with Crippen LogP contribution in [-0.4, -0.2) is 30.5 Å². The molecule has 20 heavy (non-hydrogen) atoms. The Balaban J connectivity index is 1.92. The van der Waals surface area contributed by atoms with Crippen molar-refractivity contribution in [2.24, 2.45) is 0 Å². The van der Waals surface area contributed by atoms with Gasteiger partial charge in [0.1, 0.15) is 23.9 Å². The van der Waals surface area contributed by atoms with Crippen LogP contribution >= 0.6 is 7.82 Å². The van der Waals surface area contributed by atoms with Crippen molar-refractivity contribution in [1.82, 2.24) is 0 Å². The summed E-state index contributed by atoms with van der Waals surface area (Å²) in [6, 6.07) is 0. The van der Waals surface area contributed by atoms with E-state index in [9.17, 15) is 4.57 Å². The highest BCUT2D eigenvalue weighted by Crippen LogP contribution is 2.65. The first-order valence-electron chi connectivity index (χ1n) is 7.74. The van der Waals surface area contributed by atoms with E-state index in [1.807, 2.05) is 20.8 Å². The summed E-state index contributed by atoms with van der Waals surface area (Å²) in [4.78, 5) is 0. The van der Waals surface area contributed by atoms with E-state index >= 15 is 0 Å². The molecule has 0 saturated carbocycles. The van der Waals surface area contributed by atoms with Gasteiger partial charge >= 0.3 is 7.82 Å². The largest absolute Gasteiger partial charge is 0.475 e. The number of fused-ring (bicyclic) bond motifs is 3. The average Bonchev–Trinajstić information content (AvgIpc) is 2.34. The summed E-state index contributed by atoms with van der Waals surface area (Å²) >= 11 is 0. The number of rotatable bonds is 7. The van der Waals surface area contributed by atoms with Crippen LogP contribution < -0.4 is 0 Å². The van der Waals surface area contributed by atoms with Gasteiger partial charge in [-0.3, -0.25) is 13.6 Å². The zero-order valence-corrected chi connectivity index (χ0v) is 13.9. The lowest BCUT2D eigenvalue weighted by atomic mass is 9.86. The Morgan fingerprint density at radius 3 is 1.95 bits per heavy atom. The lowest BCUT2D eigenvalue weighted by molar-refractivity contribution is -0.266. The van der Waals surface area contributed by atoms with Gasteiger partial charge in [-0.05, 0) is 27.2 Å². The van der Waals surface area contributed by atoms with Gasteiger partial charge in [-0.15, -0.1) is 0 Å². The average molecular weight is 306 g/mol. The van der Waals surface area contributed by atoms with Gasteiger partial charge in [0, 0.05) is 6.61 Å². The van der Waals surface area contributed by atoms with Gasteiger partial charge in [0.25, 0.3) is 0 Å². The standard InChI is InChI=1S/C14H27O5P/c1-5-6-7-8-9-10-16-14-11(2)17-20(15,18-12(14)3)19-13(14)4/h11-13H,5-10H2,1-4H3. The normalized spacial score (nSPS) is 43.9. The summed E-state index contributed by atoms with van der Waals surface area (Å²) in [5.74, 6) is 0. The molecule has 3 heterocycles. The molecule has 5 nitrogen and oxygen atoms in total. The molecule has 0 aromatic carbocycles. The Morgan fingerprint density at radius 2 is 1.45 bits per heavy atom. The Morgan fingerprint density at radius 1 is 0.950 bits per heavy atom. The quantitative estimate of drug-likeness (QED) is 0.524. The molecule has 0 aliphatic carbocycles. The number of ether oxygens (including phenoxy) is 1. The van der Waals surface area contributed by atoms with Crippen molar-refractivity contribution in [2.75, 3.05) is 6.61 Å². The number of phosphoric ester groups is 1. The van der Waals surface area contributed by atoms with Crippen LogP contribution in [0.5, 0.6) is 0 Å². The Bertz CT molecular complexity index is 332. The molecular formula is C14H27O5P. The first kappa shape index (κ1) is 16.4. The third kappa shape index (κ3) is 2.97. The maximum Gasteiger partial charge on any atom is 0.475 e. The van der Waals surface area contributed by atoms with Crippen LogP contribution in [0.25, 0.3) is 0 Å². The molecule has 3 aliphatic rings. The topological polar surface area (TPSA) is 54.0 Å². The van der Waals surface area contributed by atoms with Gasteiger partial charge in [0.05, 0.1) is 0 Å². The van der Waals surface area contributed by atoms with Crippen molar-refractivity contribution in [3.63, 3.8) is 0 Å². The van der Waals surface area contributed by atoms with E-state index in [1.54, 1.807) is 0 Å². The van der Waals surface area contributed by atoms with Crippen molar-refractivity contribution >= 4 is 7.82 Å². The van der Waals surface area contributed by atoms with Gasteiger partial charge in [-0.2, -0.15) is 0 Å². The predicted molar refractivity (Wildman–Crippen MR) is 76.7 cm³/mol. The van der Waals surface area contributed by atoms with Crippen LogP contribution in [0.15, 0.2) is 0 Å². The summed E-state index contributed by atoms with van der Waals surface area (Å²) in [6.07, 6.45) is 5.09. The summed E-state index contributed by atoms with van der Waals surface area (Å²) in [5, 5.41) is 0. The molecule has 0 amide bonds. The van der Waals surface area contributed by atoms with Gasteiger partial charge in [-0.1, -0.05) is 32.6 Å². The fourth-order valence-electron chi connectivity index (χ4n) is 3.20. The highest BCUT2D eigenvalue weighted by molar-refractivity contribution is 7.48. The van der Waals surface area contributed by atoms with Crippen molar-refractivity contribution in [3.8, 4) is 0 Å². The maximum atomic E-state index is 12.1. The van der Waals surface area contributed by atoms with Crippen molar-refractivity contribution in [2.45, 2.75) is 83.7 Å². The van der Waals surface area contributed by atoms with Crippen LogP contribution in [-0.2, 0) is 22.9 Å². The fraction of sp³-hybridized carbons (Fsp3) is 1.00. The molecule has 3 atom stereocenters. The van der Waals surface area contributed by atoms with Crippen LogP contribution in [0.2, 0.25) is 0 Å². The molecular weight excluding hydrogens is 279 g/mol. The van der Waals surface area contributed by atoms with E-state index in [1.165, 1.54) is 25.7 Å². The summed E-state index contributed by atoms with van der Waals surface area (Å²) in [5.41, 5.74) is -0.656. The van der Waals surface area contributed by atoms with Crippen LogP contribution in [0.4, 0.5) is 0 Å². The van der Waals surface area contributed by atoms with Crippen LogP contribution in [0, 0.1) is 0 Å². The SMILES string of the molecule is CCCCCCCOC12C(C)OP(=O)(OC1C)OC2C. The van der Waals surface area contributed by atoms with E-state index in [0.717, 1.165) is 6.42 Å². The molecule has 0 aromatic heterocycles. The maximum absolute atomic E-state index is 12.1. The minimum atomic E-state index is -3.37. The van der Waals surface area contributed by atoms with Gasteiger partial charge in [0.15, 0.2) is 0 Å². The number of hydrogen-bond acceptors (Lipinski definition) is 5. The Kier molecular flexibility index (Phi) is 5.30. The van der Waals surface area contributed by atoms with Gasteiger partial charge in [0.2, 0.25) is 0 Å². The summed E-state index contributed by atoms with van der Waals surface area (Å²) in [7, 11) is -3.37. The third-order valence-corrected chi connectivity index (χ3v) is 6.09. The molecule has 3 rings (SSSR count). The monoisotopic (exact) mass is 306 g/mol. The summed E-state index contributed by atoms with van der Waals surface area (Å²) in [6.45, 7) is 8.53. The van der Waals surface area contributed by atoms with E-state index in [2.05, 4.69) is 6.92 Å². The number of phosphoric acid groups is 1. The third-order valence-electron chi connectivity index (χ3n) is 4.37. The van der Waals surface area contributed by atoms with Crippen molar-refractivity contribution in [1.29, 1.82) is 0 Å². The molecule has 3 fully saturated rings. The molecule has 0 radical (unpaired) electrons. The van der Waals surface area contributed by atoms with E-state index < -0.39 is 13.4 Å². The fourth-order valence-corrected chi connectivity index (χ4v) is 5.01. The highest BCUT2D eigenvalue weighted by atomic mass is 31.2. The van der Waals surface area contributed by atoms with Gasteiger partial charge < -0.3 is 4.74 Å². The molecule has 6 heteroatoms. The predicted octanol–water partition coefficient (Wildman–Crippen LogP) is 4.06. The Labute approximate surface area is 121 Å². The minimum Gasteiger partial charge on any atom is -0.367 e. The molecule has 3 saturated heterocycles. The molecule has 0 aromatic rings. The summed E-state index contributed by atoms with van der Waals surface area (Å²) < 4.78 is 34.5. The van der Waals surface area contributed by atoms with Crippen molar-refractivity contribution < 1.29 is 22.9 Å². The van der Waals surface area contributed by atoms with Gasteiger partial charge in [-0.25, -0.2) is 4.57 Å². The van der Waals surface area contributed by atoms with Crippen LogP contribution in [0.1, 0.15) is 59.8 Å². The van der Waals surface area contributed by atoms with E-state index in [4.69, 9.17) is 18.3 Å². The molecule has 3 aliphatic heterocycles. The van der Waals surface area contributed by atoms with Crippen LogP contribution in [0.3, 0.4) is 0 Å². The first-order valence-corrected chi connectivity index (χ1v) is 9.20. The lowest BCUT2D eigenvalue weighted by Crippen LogP contribution is -2.66. The molecule has 0 spiro atoms. The molecule has 0 N–H and O–H groups in total. The second-order valence-corrected chi connectivity index (χ2v) is 7.33. The zero-order chi connectivity index (χ0) is 14.8. The highest BCUT2D eigenvalue weighted by Gasteiger charge is 2.64. The van der Waals surface area contributed by atoms with E-state index in [-0.39, 0.29) is 18.3 Å². The second kappa shape index (κ2) is 6.45. The molecule has 2 bridgehead atoms. The number of unbranched alkanes of at least 4 members (excludes halogenated alkanes) is 4. The minimum absolute atomic E-state index is 0.281. The van der Waals surface area contributed by atoms with Crippen molar-refractivity contribution in [3.05, 3.63) is 0 Å². The number of hydrogen-bond donors (Lipinski definition) is 0. The smallest absolute Gasteiger partial charge is 0.367 e. The molecule has 118 valence electrons. The zero-order valence-electron chi connectivity index (χ0n) is 13.0. The lowest BCUT2D eigenvalue weighted by Gasteiger charge is -2.55. The second-order valence-electron chi connectivity index (χ2n) is 5.81. The molecule has 3 unspecified atom stereocenters. The first-order chi connectivity index (χ1) is 9.44.